The van der Waals surface area contributed by atoms with Gasteiger partial charge < -0.3 is 10.4 Å². The van der Waals surface area contributed by atoms with Gasteiger partial charge in [-0.3, -0.25) is 9.78 Å². The molecule has 0 radical (unpaired) electrons. The summed E-state index contributed by atoms with van der Waals surface area (Å²) in [6.07, 6.45) is 1.15. The van der Waals surface area contributed by atoms with Gasteiger partial charge in [-0.15, -0.1) is 0 Å². The normalized spacial score (nSPS) is 13.5. The molecule has 0 aliphatic rings. The molecule has 0 aliphatic carbocycles. The second-order valence-electron chi connectivity index (χ2n) is 5.34. The van der Waals surface area contributed by atoms with E-state index in [1.807, 2.05) is 19.1 Å². The maximum absolute atomic E-state index is 12.0. The molecule has 2 aromatic rings. The Hall–Kier alpha value is -1.91. The van der Waals surface area contributed by atoms with Crippen LogP contribution in [-0.2, 0) is 11.2 Å². The quantitative estimate of drug-likeness (QED) is 0.891. The summed E-state index contributed by atoms with van der Waals surface area (Å²) in [5, 5.41) is 13.7. The molecule has 116 valence electrons. The van der Waals surface area contributed by atoms with Crippen LogP contribution >= 0.6 is 11.6 Å². The molecular weight excluding hydrogens is 300 g/mol. The summed E-state index contributed by atoms with van der Waals surface area (Å²) in [6.45, 7) is 3.67. The van der Waals surface area contributed by atoms with Crippen molar-refractivity contribution in [3.63, 3.8) is 0 Å². The van der Waals surface area contributed by atoms with E-state index in [0.717, 1.165) is 11.3 Å². The fourth-order valence-corrected chi connectivity index (χ4v) is 2.25. The zero-order valence-electron chi connectivity index (χ0n) is 12.6. The van der Waals surface area contributed by atoms with E-state index in [4.69, 9.17) is 11.6 Å². The molecule has 0 saturated heterocycles. The number of aliphatic hydroxyl groups excluding tert-OH is 1. The first-order valence-electron chi connectivity index (χ1n) is 7.10. The molecule has 4 nitrogen and oxygen atoms in total. The summed E-state index contributed by atoms with van der Waals surface area (Å²) in [5.41, 5.74) is 2.47. The molecule has 5 heteroatoms. The van der Waals surface area contributed by atoms with E-state index in [0.29, 0.717) is 10.6 Å². The molecule has 2 rings (SSSR count). The number of aliphatic hydroxyl groups is 1. The number of aryl methyl sites for hydroxylation is 1. The maximum Gasteiger partial charge on any atom is 0.224 e. The Kier molecular flexibility index (Phi) is 5.52. The summed E-state index contributed by atoms with van der Waals surface area (Å²) < 4.78 is 0. The second-order valence-corrected chi connectivity index (χ2v) is 5.77. The monoisotopic (exact) mass is 318 g/mol. The largest absolute Gasteiger partial charge is 0.386 e. The fraction of sp³-hybridized carbons (Fsp3) is 0.294. The molecule has 1 heterocycles. The number of hydrogen-bond acceptors (Lipinski definition) is 3. The molecule has 2 atom stereocenters. The third kappa shape index (κ3) is 4.55. The van der Waals surface area contributed by atoms with Crippen molar-refractivity contribution >= 4 is 17.5 Å². The van der Waals surface area contributed by atoms with E-state index in [1.54, 1.807) is 37.4 Å². The molecule has 0 aliphatic heterocycles. The van der Waals surface area contributed by atoms with Crippen molar-refractivity contribution in [3.05, 3.63) is 64.4 Å². The number of amides is 1. The number of nitrogens with one attached hydrogen (secondary N) is 1. The van der Waals surface area contributed by atoms with Crippen LogP contribution in [0.1, 0.15) is 29.8 Å². The maximum atomic E-state index is 12.0. The molecule has 2 unspecified atom stereocenters. The van der Waals surface area contributed by atoms with Gasteiger partial charge in [0.1, 0.15) is 0 Å². The first-order chi connectivity index (χ1) is 10.5. The SMILES string of the molecule is Cc1ccc(CC(=O)NC(C)C(O)c2ccc(Cl)cc2)cn1. The molecular formula is C17H19ClN2O2. The Bertz CT molecular complexity index is 626. The number of aromatic nitrogens is 1. The number of carbonyl (C=O) groups is 1. The average molecular weight is 319 g/mol. The van der Waals surface area contributed by atoms with Crippen molar-refractivity contribution in [3.8, 4) is 0 Å². The van der Waals surface area contributed by atoms with Crippen molar-refractivity contribution < 1.29 is 9.90 Å². The lowest BCUT2D eigenvalue weighted by atomic mass is 10.0. The lowest BCUT2D eigenvalue weighted by Gasteiger charge is -2.20. The van der Waals surface area contributed by atoms with E-state index in [1.165, 1.54) is 0 Å². The van der Waals surface area contributed by atoms with Crippen LogP contribution in [0.3, 0.4) is 0 Å². The first kappa shape index (κ1) is 16.5. The van der Waals surface area contributed by atoms with E-state index in [2.05, 4.69) is 10.3 Å². The van der Waals surface area contributed by atoms with Crippen molar-refractivity contribution in [2.45, 2.75) is 32.4 Å². The van der Waals surface area contributed by atoms with Crippen LogP contribution in [0.2, 0.25) is 5.02 Å². The van der Waals surface area contributed by atoms with Gasteiger partial charge in [-0.05, 0) is 43.2 Å². The Morgan fingerprint density at radius 2 is 1.95 bits per heavy atom. The van der Waals surface area contributed by atoms with Crippen LogP contribution in [0.5, 0.6) is 0 Å². The lowest BCUT2D eigenvalue weighted by Crippen LogP contribution is -2.37. The smallest absolute Gasteiger partial charge is 0.224 e. The number of rotatable bonds is 5. The standard InChI is InChI=1S/C17H19ClN2O2/c1-11-3-4-13(10-19-11)9-16(21)20-12(2)17(22)14-5-7-15(18)8-6-14/h3-8,10,12,17,22H,9H2,1-2H3,(H,20,21). The van der Waals surface area contributed by atoms with Gasteiger partial charge in [0.05, 0.1) is 18.6 Å². The van der Waals surface area contributed by atoms with Crippen molar-refractivity contribution in [2.75, 3.05) is 0 Å². The number of halogens is 1. The van der Waals surface area contributed by atoms with Gasteiger partial charge in [-0.25, -0.2) is 0 Å². The molecule has 0 saturated carbocycles. The van der Waals surface area contributed by atoms with Crippen molar-refractivity contribution in [1.29, 1.82) is 0 Å². The number of nitrogens with zero attached hydrogens (tertiary/aromatic N) is 1. The van der Waals surface area contributed by atoms with Crippen LogP contribution in [-0.4, -0.2) is 22.0 Å². The minimum atomic E-state index is -0.780. The van der Waals surface area contributed by atoms with Crippen LogP contribution in [0, 0.1) is 6.92 Å². The van der Waals surface area contributed by atoms with E-state index >= 15 is 0 Å². The third-order valence-electron chi connectivity index (χ3n) is 3.41. The number of pyridine rings is 1. The van der Waals surface area contributed by atoms with Gasteiger partial charge in [0.15, 0.2) is 0 Å². The van der Waals surface area contributed by atoms with Gasteiger partial charge in [-0.2, -0.15) is 0 Å². The lowest BCUT2D eigenvalue weighted by molar-refractivity contribution is -0.121. The molecule has 2 N–H and O–H groups in total. The molecule has 1 aromatic heterocycles. The highest BCUT2D eigenvalue weighted by Crippen LogP contribution is 2.19. The topological polar surface area (TPSA) is 62.2 Å². The minimum absolute atomic E-state index is 0.147. The number of hydrogen-bond donors (Lipinski definition) is 2. The molecule has 0 bridgehead atoms. The van der Waals surface area contributed by atoms with Gasteiger partial charge in [0.25, 0.3) is 0 Å². The zero-order chi connectivity index (χ0) is 16.1. The van der Waals surface area contributed by atoms with Gasteiger partial charge in [0, 0.05) is 16.9 Å². The van der Waals surface area contributed by atoms with Crippen LogP contribution in [0.4, 0.5) is 0 Å². The van der Waals surface area contributed by atoms with Crippen LogP contribution in [0.15, 0.2) is 42.6 Å². The fourth-order valence-electron chi connectivity index (χ4n) is 2.12. The Morgan fingerprint density at radius 3 is 2.55 bits per heavy atom. The third-order valence-corrected chi connectivity index (χ3v) is 3.66. The zero-order valence-corrected chi connectivity index (χ0v) is 13.3. The number of carbonyl (C=O) groups excluding carboxylic acids is 1. The predicted molar refractivity (Wildman–Crippen MR) is 86.7 cm³/mol. The molecule has 22 heavy (non-hydrogen) atoms. The van der Waals surface area contributed by atoms with Gasteiger partial charge in [0.2, 0.25) is 5.91 Å². The second kappa shape index (κ2) is 7.38. The summed E-state index contributed by atoms with van der Waals surface area (Å²) in [7, 11) is 0. The minimum Gasteiger partial charge on any atom is -0.386 e. The highest BCUT2D eigenvalue weighted by atomic mass is 35.5. The summed E-state index contributed by atoms with van der Waals surface area (Å²) in [4.78, 5) is 16.2. The van der Waals surface area contributed by atoms with Crippen LogP contribution < -0.4 is 5.32 Å². The summed E-state index contributed by atoms with van der Waals surface area (Å²) in [6, 6.07) is 10.3. The van der Waals surface area contributed by atoms with E-state index in [9.17, 15) is 9.90 Å². The molecule has 1 aromatic carbocycles. The molecule has 0 spiro atoms. The highest BCUT2D eigenvalue weighted by Gasteiger charge is 2.18. The Balaban J connectivity index is 1.92. The van der Waals surface area contributed by atoms with Crippen LogP contribution in [0.25, 0.3) is 0 Å². The number of benzene rings is 1. The van der Waals surface area contributed by atoms with Crippen molar-refractivity contribution in [2.24, 2.45) is 0 Å². The van der Waals surface area contributed by atoms with Crippen molar-refractivity contribution in [1.82, 2.24) is 10.3 Å². The predicted octanol–water partition coefficient (Wildman–Crippen LogP) is 2.82. The summed E-state index contributed by atoms with van der Waals surface area (Å²) in [5.74, 6) is -0.147. The molecule has 0 fully saturated rings. The Labute approximate surface area is 135 Å². The first-order valence-corrected chi connectivity index (χ1v) is 7.48. The van der Waals surface area contributed by atoms with Gasteiger partial charge in [-0.1, -0.05) is 29.8 Å². The van der Waals surface area contributed by atoms with E-state index in [-0.39, 0.29) is 12.3 Å². The van der Waals surface area contributed by atoms with E-state index < -0.39 is 12.1 Å². The Morgan fingerprint density at radius 1 is 1.27 bits per heavy atom. The summed E-state index contributed by atoms with van der Waals surface area (Å²) >= 11 is 5.82. The van der Waals surface area contributed by atoms with Gasteiger partial charge >= 0.3 is 0 Å². The molecule has 1 amide bonds. The highest BCUT2D eigenvalue weighted by molar-refractivity contribution is 6.30. The average Bonchev–Trinajstić information content (AvgIpc) is 2.49.